The minimum Gasteiger partial charge on any atom is -0.464 e. The molecule has 0 aliphatic heterocycles. The number of hydrogen-bond acceptors (Lipinski definition) is 5. The number of aromatic nitrogens is 3. The predicted molar refractivity (Wildman–Crippen MR) is 126 cm³/mol. The maximum Gasteiger partial charge on any atom is 0.423 e. The number of amides is 3. The normalized spacial score (nSPS) is 10.6. The molecule has 2 heterocycles. The number of pyridine rings is 1. The Labute approximate surface area is 206 Å². The SMILES string of the molecule is Cc1cc(Cl)cc(C(=O)N(C)NC(=O)O)c1NC(=O)Cc1cc(Br)nn1-c1ncccc1Cl. The Hall–Kier alpha value is -3.15. The molecule has 0 aliphatic carbocycles. The molecule has 0 unspecified atom stereocenters. The largest absolute Gasteiger partial charge is 0.464 e. The zero-order valence-electron chi connectivity index (χ0n) is 17.3. The third kappa shape index (κ3) is 5.81. The second kappa shape index (κ2) is 10.2. The number of hydrogen-bond donors (Lipinski definition) is 3. The summed E-state index contributed by atoms with van der Waals surface area (Å²) in [6, 6.07) is 7.90. The van der Waals surface area contributed by atoms with Gasteiger partial charge in [-0.05, 0) is 58.7 Å². The van der Waals surface area contributed by atoms with Crippen LogP contribution in [0.15, 0.2) is 41.1 Å². The molecule has 0 spiro atoms. The van der Waals surface area contributed by atoms with E-state index in [0.717, 1.165) is 5.01 Å². The van der Waals surface area contributed by atoms with Crippen LogP contribution in [0.1, 0.15) is 21.6 Å². The number of carbonyl (C=O) groups excluding carboxylic acids is 2. The number of anilines is 1. The minimum absolute atomic E-state index is 0.0204. The Morgan fingerprint density at radius 2 is 1.97 bits per heavy atom. The van der Waals surface area contributed by atoms with Gasteiger partial charge in [0.25, 0.3) is 5.91 Å². The summed E-state index contributed by atoms with van der Waals surface area (Å²) in [4.78, 5) is 40.8. The van der Waals surface area contributed by atoms with Crippen LogP contribution in [0.4, 0.5) is 10.5 Å². The van der Waals surface area contributed by atoms with Crippen molar-refractivity contribution in [2.45, 2.75) is 13.3 Å². The summed E-state index contributed by atoms with van der Waals surface area (Å²) < 4.78 is 1.92. The van der Waals surface area contributed by atoms with Crippen LogP contribution in [0.3, 0.4) is 0 Å². The van der Waals surface area contributed by atoms with Gasteiger partial charge in [-0.2, -0.15) is 5.10 Å². The van der Waals surface area contributed by atoms with E-state index < -0.39 is 17.9 Å². The average molecular weight is 556 g/mol. The highest BCUT2D eigenvalue weighted by molar-refractivity contribution is 9.10. The van der Waals surface area contributed by atoms with E-state index in [9.17, 15) is 14.4 Å². The molecule has 0 radical (unpaired) electrons. The van der Waals surface area contributed by atoms with Gasteiger partial charge in [0.1, 0.15) is 4.60 Å². The van der Waals surface area contributed by atoms with Gasteiger partial charge in [-0.3, -0.25) is 14.6 Å². The highest BCUT2D eigenvalue weighted by Crippen LogP contribution is 2.27. The number of hydrazine groups is 1. The van der Waals surface area contributed by atoms with Crippen molar-refractivity contribution in [1.29, 1.82) is 0 Å². The molecule has 13 heteroatoms. The number of nitrogens with zero attached hydrogens (tertiary/aromatic N) is 4. The Morgan fingerprint density at radius 1 is 1.24 bits per heavy atom. The second-order valence-electron chi connectivity index (χ2n) is 6.83. The fraction of sp³-hybridized carbons (Fsp3) is 0.150. The second-order valence-corrected chi connectivity index (χ2v) is 8.49. The van der Waals surface area contributed by atoms with Crippen molar-refractivity contribution in [3.8, 4) is 5.82 Å². The quantitative estimate of drug-likeness (QED) is 0.407. The van der Waals surface area contributed by atoms with Gasteiger partial charge in [0.05, 0.1) is 28.4 Å². The molecule has 0 saturated carbocycles. The van der Waals surface area contributed by atoms with Gasteiger partial charge in [0.2, 0.25) is 5.91 Å². The summed E-state index contributed by atoms with van der Waals surface area (Å²) in [5.74, 6) is -0.803. The van der Waals surface area contributed by atoms with E-state index in [1.54, 1.807) is 37.4 Å². The summed E-state index contributed by atoms with van der Waals surface area (Å²) in [6.07, 6.45) is 0.0176. The van der Waals surface area contributed by atoms with E-state index in [1.807, 2.05) is 5.43 Å². The number of carboxylic acid groups (broad SMARTS) is 1. The topological polar surface area (TPSA) is 129 Å². The van der Waals surface area contributed by atoms with Crippen molar-refractivity contribution in [3.05, 3.63) is 68.0 Å². The molecule has 0 atom stereocenters. The van der Waals surface area contributed by atoms with Crippen LogP contribution < -0.4 is 10.7 Å². The number of rotatable bonds is 5. The van der Waals surface area contributed by atoms with Crippen molar-refractivity contribution in [1.82, 2.24) is 25.2 Å². The third-order valence-electron chi connectivity index (χ3n) is 4.40. The first-order valence-corrected chi connectivity index (χ1v) is 10.8. The van der Waals surface area contributed by atoms with Crippen molar-refractivity contribution < 1.29 is 19.5 Å². The Morgan fingerprint density at radius 3 is 2.64 bits per heavy atom. The molecular formula is C20H17BrCl2N6O4. The summed E-state index contributed by atoms with van der Waals surface area (Å²) in [6.45, 7) is 1.66. The minimum atomic E-state index is -1.41. The molecule has 0 aliphatic rings. The Kier molecular flexibility index (Phi) is 7.57. The number of nitrogens with one attached hydrogen (secondary N) is 2. The number of halogens is 3. The lowest BCUT2D eigenvalue weighted by Gasteiger charge is -2.20. The zero-order chi connectivity index (χ0) is 24.3. The molecule has 172 valence electrons. The lowest BCUT2D eigenvalue weighted by Crippen LogP contribution is -2.42. The van der Waals surface area contributed by atoms with E-state index in [2.05, 4.69) is 31.3 Å². The van der Waals surface area contributed by atoms with E-state index in [4.69, 9.17) is 28.3 Å². The molecular weight excluding hydrogens is 539 g/mol. The molecule has 33 heavy (non-hydrogen) atoms. The Bertz CT molecular complexity index is 1250. The highest BCUT2D eigenvalue weighted by Gasteiger charge is 2.22. The first-order chi connectivity index (χ1) is 15.6. The maximum atomic E-state index is 12.9. The molecule has 0 saturated heterocycles. The molecule has 3 aromatic rings. The van der Waals surface area contributed by atoms with Gasteiger partial charge in [-0.15, -0.1) is 0 Å². The predicted octanol–water partition coefficient (Wildman–Crippen LogP) is 4.08. The van der Waals surface area contributed by atoms with Crippen molar-refractivity contribution in [2.75, 3.05) is 12.4 Å². The van der Waals surface area contributed by atoms with Gasteiger partial charge in [0.15, 0.2) is 5.82 Å². The summed E-state index contributed by atoms with van der Waals surface area (Å²) in [5, 5.41) is 17.3. The lowest BCUT2D eigenvalue weighted by molar-refractivity contribution is -0.115. The molecule has 3 amide bonds. The van der Waals surface area contributed by atoms with Crippen LogP contribution in [0.5, 0.6) is 0 Å². The summed E-state index contributed by atoms with van der Waals surface area (Å²) in [5.41, 5.74) is 3.17. The van der Waals surface area contributed by atoms with E-state index in [1.165, 1.54) is 17.8 Å². The van der Waals surface area contributed by atoms with Gasteiger partial charge < -0.3 is 10.4 Å². The number of benzene rings is 1. The van der Waals surface area contributed by atoms with Crippen LogP contribution in [-0.2, 0) is 11.2 Å². The molecule has 3 N–H and O–H groups in total. The van der Waals surface area contributed by atoms with Crippen LogP contribution in [0.25, 0.3) is 5.82 Å². The van der Waals surface area contributed by atoms with Gasteiger partial charge in [-0.25, -0.2) is 19.9 Å². The first-order valence-electron chi connectivity index (χ1n) is 9.29. The lowest BCUT2D eigenvalue weighted by atomic mass is 10.1. The van der Waals surface area contributed by atoms with Gasteiger partial charge in [-0.1, -0.05) is 23.2 Å². The molecule has 3 rings (SSSR count). The molecule has 10 nitrogen and oxygen atoms in total. The standard InChI is InChI=1S/C20H17BrCl2N6O4/c1-10-6-11(22)7-13(19(31)28(2)27-20(32)33)17(10)25-16(30)9-12-8-15(21)26-29(12)18-14(23)4-3-5-24-18/h3-8,27H,9H2,1-2H3,(H,25,30)(H,32,33). The van der Waals surface area contributed by atoms with Gasteiger partial charge in [0, 0.05) is 18.3 Å². The van der Waals surface area contributed by atoms with E-state index >= 15 is 0 Å². The van der Waals surface area contributed by atoms with E-state index in [0.29, 0.717) is 26.7 Å². The van der Waals surface area contributed by atoms with Crippen LogP contribution in [-0.4, -0.2) is 49.8 Å². The summed E-state index contributed by atoms with van der Waals surface area (Å²) in [7, 11) is 1.24. The Balaban J connectivity index is 1.90. The maximum absolute atomic E-state index is 12.9. The van der Waals surface area contributed by atoms with Gasteiger partial charge >= 0.3 is 6.09 Å². The summed E-state index contributed by atoms with van der Waals surface area (Å²) >= 11 is 15.6. The number of aryl methyl sites for hydroxylation is 1. The highest BCUT2D eigenvalue weighted by atomic mass is 79.9. The fourth-order valence-corrected chi connectivity index (χ4v) is 3.93. The third-order valence-corrected chi connectivity index (χ3v) is 5.30. The van der Waals surface area contributed by atoms with Crippen molar-refractivity contribution in [2.24, 2.45) is 0 Å². The molecule has 1 aromatic carbocycles. The number of carbonyl (C=O) groups is 3. The first kappa shape index (κ1) is 24.5. The van der Waals surface area contributed by atoms with E-state index in [-0.39, 0.29) is 22.7 Å². The molecule has 0 bridgehead atoms. The monoisotopic (exact) mass is 554 g/mol. The van der Waals surface area contributed by atoms with Crippen LogP contribution in [0.2, 0.25) is 10.0 Å². The van der Waals surface area contributed by atoms with Crippen molar-refractivity contribution in [3.63, 3.8) is 0 Å². The fourth-order valence-electron chi connectivity index (χ4n) is 3.03. The smallest absolute Gasteiger partial charge is 0.423 e. The zero-order valence-corrected chi connectivity index (χ0v) is 20.4. The van der Waals surface area contributed by atoms with Crippen LogP contribution >= 0.6 is 39.1 Å². The van der Waals surface area contributed by atoms with Crippen LogP contribution in [0, 0.1) is 6.92 Å². The average Bonchev–Trinajstić information content (AvgIpc) is 3.08. The molecule has 2 aromatic heterocycles. The van der Waals surface area contributed by atoms with Crippen molar-refractivity contribution >= 4 is 62.7 Å². The molecule has 0 fully saturated rings.